The third-order valence-corrected chi connectivity index (χ3v) is 6.97. The van der Waals surface area contributed by atoms with Gasteiger partial charge in [-0.05, 0) is 12.8 Å². The molecule has 1 atom stereocenters. The predicted octanol–water partition coefficient (Wildman–Crippen LogP) is -1.20. The Morgan fingerprint density at radius 2 is 1.82 bits per heavy atom. The van der Waals surface area contributed by atoms with Gasteiger partial charge in [0.15, 0.2) is 9.84 Å². The lowest BCUT2D eigenvalue weighted by molar-refractivity contribution is 0.321. The van der Waals surface area contributed by atoms with Crippen molar-refractivity contribution in [3.8, 4) is 0 Å². The lowest BCUT2D eigenvalue weighted by Crippen LogP contribution is -2.47. The number of rotatable bonds is 1. The van der Waals surface area contributed by atoms with Crippen molar-refractivity contribution in [1.82, 2.24) is 9.62 Å². The fraction of sp³-hybridized carbons (Fsp3) is 1.00. The Balaban J connectivity index is 2.19. The maximum Gasteiger partial charge on any atom is 0.215 e. The molecule has 1 unspecified atom stereocenters. The van der Waals surface area contributed by atoms with Crippen LogP contribution < -0.4 is 5.32 Å². The van der Waals surface area contributed by atoms with Crippen molar-refractivity contribution in [2.45, 2.75) is 18.9 Å². The summed E-state index contributed by atoms with van der Waals surface area (Å²) in [4.78, 5) is 0. The number of sulfonamides is 1. The number of hydrogen-bond acceptors (Lipinski definition) is 5. The van der Waals surface area contributed by atoms with E-state index in [4.69, 9.17) is 0 Å². The van der Waals surface area contributed by atoms with E-state index in [1.54, 1.807) is 0 Å². The van der Waals surface area contributed by atoms with E-state index in [9.17, 15) is 16.8 Å². The summed E-state index contributed by atoms with van der Waals surface area (Å²) in [5.41, 5.74) is 0. The van der Waals surface area contributed by atoms with Crippen LogP contribution in [0.4, 0.5) is 0 Å². The summed E-state index contributed by atoms with van der Waals surface area (Å²) in [7, 11) is -6.37. The topological polar surface area (TPSA) is 83.6 Å². The molecule has 0 aliphatic carbocycles. The van der Waals surface area contributed by atoms with E-state index < -0.39 is 19.9 Å². The van der Waals surface area contributed by atoms with E-state index in [0.29, 0.717) is 32.5 Å². The Morgan fingerprint density at radius 1 is 1.06 bits per heavy atom. The molecule has 0 spiro atoms. The van der Waals surface area contributed by atoms with Crippen LogP contribution in [0, 0.1) is 0 Å². The van der Waals surface area contributed by atoms with Gasteiger partial charge >= 0.3 is 0 Å². The Morgan fingerprint density at radius 3 is 2.53 bits per heavy atom. The molecule has 6 nitrogen and oxygen atoms in total. The zero-order valence-corrected chi connectivity index (χ0v) is 11.3. The molecule has 0 bridgehead atoms. The molecule has 0 saturated carbocycles. The van der Waals surface area contributed by atoms with Gasteiger partial charge in [-0.1, -0.05) is 0 Å². The third-order valence-electron chi connectivity index (χ3n) is 3.25. The Kier molecular flexibility index (Phi) is 3.77. The van der Waals surface area contributed by atoms with Gasteiger partial charge in [-0.2, -0.15) is 4.31 Å². The summed E-state index contributed by atoms with van der Waals surface area (Å²) in [6, 6.07) is -0.362. The lowest BCUT2D eigenvalue weighted by atomic mass is 10.2. The molecule has 2 saturated heterocycles. The maximum atomic E-state index is 12.0. The van der Waals surface area contributed by atoms with Crippen LogP contribution >= 0.6 is 0 Å². The third kappa shape index (κ3) is 3.18. The highest BCUT2D eigenvalue weighted by atomic mass is 32.2. The van der Waals surface area contributed by atoms with Gasteiger partial charge in [0.25, 0.3) is 0 Å². The van der Waals surface area contributed by atoms with Crippen LogP contribution in [-0.4, -0.2) is 64.1 Å². The minimum atomic E-state index is -3.30. The van der Waals surface area contributed by atoms with Gasteiger partial charge in [-0.25, -0.2) is 16.8 Å². The van der Waals surface area contributed by atoms with Crippen molar-refractivity contribution in [1.29, 1.82) is 0 Å². The quantitative estimate of drug-likeness (QED) is 0.653. The summed E-state index contributed by atoms with van der Waals surface area (Å²) in [5, 5.41) is 3.02. The second-order valence-electron chi connectivity index (χ2n) is 4.59. The van der Waals surface area contributed by atoms with Crippen molar-refractivity contribution >= 4 is 19.9 Å². The van der Waals surface area contributed by atoms with E-state index in [1.165, 1.54) is 4.31 Å². The standard InChI is InChI=1S/C9H18N2O4S2/c12-16(13)6-1-2-9(8-16)11-5-3-10-4-7-17(11,14)15/h9-10H,1-8H2. The smallest absolute Gasteiger partial charge is 0.215 e. The van der Waals surface area contributed by atoms with Crippen molar-refractivity contribution in [3.05, 3.63) is 0 Å². The molecule has 0 radical (unpaired) electrons. The highest BCUT2D eigenvalue weighted by Crippen LogP contribution is 2.21. The van der Waals surface area contributed by atoms with E-state index in [-0.39, 0.29) is 23.3 Å². The summed E-state index contributed by atoms with van der Waals surface area (Å²) >= 11 is 0. The van der Waals surface area contributed by atoms with Crippen LogP contribution in [0.15, 0.2) is 0 Å². The molecule has 2 heterocycles. The lowest BCUT2D eigenvalue weighted by Gasteiger charge is -2.31. The molecule has 2 rings (SSSR count). The van der Waals surface area contributed by atoms with Crippen LogP contribution in [0.2, 0.25) is 0 Å². The molecule has 1 N–H and O–H groups in total. The van der Waals surface area contributed by atoms with Gasteiger partial charge in [-0.3, -0.25) is 0 Å². The Bertz CT molecular complexity index is 471. The van der Waals surface area contributed by atoms with Gasteiger partial charge < -0.3 is 5.32 Å². The first-order chi connectivity index (χ1) is 7.91. The number of nitrogens with one attached hydrogen (secondary N) is 1. The van der Waals surface area contributed by atoms with E-state index >= 15 is 0 Å². The van der Waals surface area contributed by atoms with Crippen LogP contribution in [0.5, 0.6) is 0 Å². The van der Waals surface area contributed by atoms with Crippen molar-refractivity contribution in [3.63, 3.8) is 0 Å². The van der Waals surface area contributed by atoms with Gasteiger partial charge in [0.05, 0.1) is 17.3 Å². The van der Waals surface area contributed by atoms with Gasteiger partial charge in [0, 0.05) is 25.7 Å². The highest BCUT2D eigenvalue weighted by molar-refractivity contribution is 7.91. The van der Waals surface area contributed by atoms with Crippen molar-refractivity contribution in [2.24, 2.45) is 0 Å². The first-order valence-corrected chi connectivity index (χ1v) is 9.24. The SMILES string of the molecule is O=S1(=O)CCCC(N2CCNCCS2(=O)=O)C1. The fourth-order valence-electron chi connectivity index (χ4n) is 2.41. The molecule has 0 aromatic rings. The Labute approximate surface area is 102 Å². The van der Waals surface area contributed by atoms with E-state index in [0.717, 1.165) is 0 Å². The van der Waals surface area contributed by atoms with E-state index in [1.807, 2.05) is 0 Å². The molecule has 8 heteroatoms. The Hall–Kier alpha value is -0.180. The minimum absolute atomic E-state index is 0.0216. The molecule has 0 aromatic heterocycles. The summed E-state index contributed by atoms with van der Waals surface area (Å²) in [5.74, 6) is 0.228. The molecule has 17 heavy (non-hydrogen) atoms. The summed E-state index contributed by atoms with van der Waals surface area (Å²) < 4.78 is 48.5. The normalized spacial score (nSPS) is 34.0. The molecule has 0 aromatic carbocycles. The molecule has 0 amide bonds. The molecular weight excluding hydrogens is 264 g/mol. The second-order valence-corrected chi connectivity index (χ2v) is 8.86. The molecule has 2 fully saturated rings. The monoisotopic (exact) mass is 282 g/mol. The largest absolute Gasteiger partial charge is 0.314 e. The van der Waals surface area contributed by atoms with Crippen LogP contribution in [-0.2, 0) is 19.9 Å². The number of hydrogen-bond donors (Lipinski definition) is 1. The first-order valence-electron chi connectivity index (χ1n) is 5.81. The second kappa shape index (κ2) is 4.83. The summed E-state index contributed by atoms with van der Waals surface area (Å²) in [6.45, 7) is 1.41. The zero-order valence-electron chi connectivity index (χ0n) is 9.63. The fourth-order valence-corrected chi connectivity index (χ4v) is 5.85. The minimum Gasteiger partial charge on any atom is -0.314 e. The molecular formula is C9H18N2O4S2. The van der Waals surface area contributed by atoms with Crippen molar-refractivity contribution < 1.29 is 16.8 Å². The molecule has 100 valence electrons. The molecule has 2 aliphatic heterocycles. The van der Waals surface area contributed by atoms with E-state index in [2.05, 4.69) is 5.32 Å². The average Bonchev–Trinajstić information content (AvgIpc) is 2.37. The average molecular weight is 282 g/mol. The zero-order chi connectivity index (χ0) is 12.5. The van der Waals surface area contributed by atoms with Gasteiger partial charge in [0.1, 0.15) is 0 Å². The maximum absolute atomic E-state index is 12.0. The first kappa shape index (κ1) is 13.3. The predicted molar refractivity (Wildman–Crippen MR) is 65.0 cm³/mol. The van der Waals surface area contributed by atoms with Crippen LogP contribution in [0.25, 0.3) is 0 Å². The highest BCUT2D eigenvalue weighted by Gasteiger charge is 2.35. The van der Waals surface area contributed by atoms with Crippen LogP contribution in [0.3, 0.4) is 0 Å². The molecule has 2 aliphatic rings. The van der Waals surface area contributed by atoms with Crippen LogP contribution in [0.1, 0.15) is 12.8 Å². The number of sulfone groups is 1. The van der Waals surface area contributed by atoms with Gasteiger partial charge in [-0.15, -0.1) is 0 Å². The number of nitrogens with zero attached hydrogens (tertiary/aromatic N) is 1. The summed E-state index contributed by atoms with van der Waals surface area (Å²) in [6.07, 6.45) is 1.21. The van der Waals surface area contributed by atoms with Gasteiger partial charge in [0.2, 0.25) is 10.0 Å². The van der Waals surface area contributed by atoms with Crippen molar-refractivity contribution in [2.75, 3.05) is 36.9 Å².